The molecule has 1 aromatic heterocycles. The Morgan fingerprint density at radius 3 is 2.91 bits per heavy atom. The van der Waals surface area contributed by atoms with Crippen LogP contribution in [0.2, 0.25) is 5.02 Å². The summed E-state index contributed by atoms with van der Waals surface area (Å²) in [6, 6.07) is 15.3. The van der Waals surface area contributed by atoms with Gasteiger partial charge < -0.3 is 4.74 Å². The van der Waals surface area contributed by atoms with Crippen molar-refractivity contribution in [2.45, 2.75) is 0 Å². The number of rotatable bonds is 5. The molecule has 3 aromatic rings. The van der Waals surface area contributed by atoms with E-state index in [1.165, 1.54) is 11.3 Å². The number of ether oxygens (including phenoxy) is 1. The zero-order valence-electron chi connectivity index (χ0n) is 12.4. The Kier molecular flexibility index (Phi) is 4.90. The highest BCUT2D eigenvalue weighted by Crippen LogP contribution is 2.27. The molecular weight excluding hydrogens is 330 g/mol. The van der Waals surface area contributed by atoms with Gasteiger partial charge >= 0.3 is 0 Å². The first-order valence-electron chi connectivity index (χ1n) is 6.89. The number of aromatic nitrogens is 1. The van der Waals surface area contributed by atoms with E-state index < -0.39 is 0 Å². The Morgan fingerprint density at radius 2 is 2.09 bits per heavy atom. The normalized spacial score (nSPS) is 10.9. The molecule has 0 amide bonds. The maximum absolute atomic E-state index is 5.93. The van der Waals surface area contributed by atoms with Crippen LogP contribution in [-0.2, 0) is 0 Å². The number of methoxy groups -OCH3 is 1. The number of nitrogens with one attached hydrogen (secondary N) is 1. The molecule has 1 heterocycles. The largest absolute Gasteiger partial charge is 0.497 e. The Labute approximate surface area is 143 Å². The number of thiazole rings is 1. The number of hydrogen-bond donors (Lipinski definition) is 1. The zero-order chi connectivity index (χ0) is 16.1. The lowest BCUT2D eigenvalue weighted by molar-refractivity contribution is 0.415. The summed E-state index contributed by atoms with van der Waals surface area (Å²) in [4.78, 5) is 4.52. The van der Waals surface area contributed by atoms with Crippen molar-refractivity contribution in [2.75, 3.05) is 12.5 Å². The lowest BCUT2D eigenvalue weighted by Gasteiger charge is -2.01. The molecule has 3 rings (SSSR count). The van der Waals surface area contributed by atoms with E-state index in [0.29, 0.717) is 5.02 Å². The van der Waals surface area contributed by atoms with Gasteiger partial charge in [0.05, 0.1) is 19.0 Å². The third-order valence-electron chi connectivity index (χ3n) is 3.09. The van der Waals surface area contributed by atoms with E-state index in [-0.39, 0.29) is 0 Å². The molecule has 0 aliphatic carbocycles. The molecule has 6 heteroatoms. The van der Waals surface area contributed by atoms with Gasteiger partial charge in [-0.15, -0.1) is 11.3 Å². The minimum atomic E-state index is 0.684. The summed E-state index contributed by atoms with van der Waals surface area (Å²) < 4.78 is 5.23. The maximum Gasteiger partial charge on any atom is 0.203 e. The van der Waals surface area contributed by atoms with Crippen LogP contribution in [0, 0.1) is 0 Å². The second-order valence-corrected chi connectivity index (χ2v) is 5.99. The average molecular weight is 344 g/mol. The van der Waals surface area contributed by atoms with Gasteiger partial charge in [0.1, 0.15) is 5.75 Å². The van der Waals surface area contributed by atoms with Gasteiger partial charge in [0.25, 0.3) is 0 Å². The van der Waals surface area contributed by atoms with E-state index in [9.17, 15) is 0 Å². The molecule has 0 fully saturated rings. The minimum absolute atomic E-state index is 0.684. The summed E-state index contributed by atoms with van der Waals surface area (Å²) in [5.41, 5.74) is 5.75. The molecule has 0 bridgehead atoms. The first-order chi connectivity index (χ1) is 11.2. The quantitative estimate of drug-likeness (QED) is 0.528. The second kappa shape index (κ2) is 7.26. The average Bonchev–Trinajstić information content (AvgIpc) is 3.04. The summed E-state index contributed by atoms with van der Waals surface area (Å²) in [5, 5.41) is 7.57. The molecular formula is C17H14ClN3OS. The molecule has 0 unspecified atom stereocenters. The molecule has 2 aromatic carbocycles. The van der Waals surface area contributed by atoms with E-state index >= 15 is 0 Å². The van der Waals surface area contributed by atoms with Crippen LogP contribution in [0.15, 0.2) is 59.0 Å². The van der Waals surface area contributed by atoms with Crippen LogP contribution in [0.4, 0.5) is 5.13 Å². The second-order valence-electron chi connectivity index (χ2n) is 4.69. The van der Waals surface area contributed by atoms with Crippen molar-refractivity contribution in [1.82, 2.24) is 4.98 Å². The number of nitrogens with zero attached hydrogens (tertiary/aromatic N) is 2. The van der Waals surface area contributed by atoms with Crippen LogP contribution in [0.25, 0.3) is 11.3 Å². The van der Waals surface area contributed by atoms with Crippen molar-refractivity contribution in [3.63, 3.8) is 0 Å². The number of halogens is 1. The van der Waals surface area contributed by atoms with Gasteiger partial charge in [0.15, 0.2) is 0 Å². The van der Waals surface area contributed by atoms with E-state index in [1.54, 1.807) is 13.3 Å². The van der Waals surface area contributed by atoms with E-state index in [4.69, 9.17) is 16.3 Å². The molecule has 116 valence electrons. The Bertz CT molecular complexity index is 832. The Hall–Kier alpha value is -2.37. The van der Waals surface area contributed by atoms with E-state index in [0.717, 1.165) is 27.7 Å². The van der Waals surface area contributed by atoms with Crippen molar-refractivity contribution in [1.29, 1.82) is 0 Å². The van der Waals surface area contributed by atoms with Crippen LogP contribution in [0.5, 0.6) is 5.75 Å². The van der Waals surface area contributed by atoms with E-state index in [2.05, 4.69) is 15.5 Å². The lowest BCUT2D eigenvalue weighted by atomic mass is 10.2. The lowest BCUT2D eigenvalue weighted by Crippen LogP contribution is -1.90. The van der Waals surface area contributed by atoms with Crippen molar-refractivity contribution in [3.8, 4) is 17.0 Å². The predicted octanol–water partition coefficient (Wildman–Crippen LogP) is 4.92. The first-order valence-corrected chi connectivity index (χ1v) is 8.15. The number of hydrogen-bond acceptors (Lipinski definition) is 5. The van der Waals surface area contributed by atoms with Crippen LogP contribution in [-0.4, -0.2) is 18.3 Å². The Morgan fingerprint density at radius 1 is 1.22 bits per heavy atom. The fourth-order valence-electron chi connectivity index (χ4n) is 1.99. The number of anilines is 1. The summed E-state index contributed by atoms with van der Waals surface area (Å²) in [6.45, 7) is 0. The summed E-state index contributed by atoms with van der Waals surface area (Å²) in [6.07, 6.45) is 1.71. The zero-order valence-corrected chi connectivity index (χ0v) is 13.9. The van der Waals surface area contributed by atoms with Gasteiger partial charge in [0, 0.05) is 16.0 Å². The Balaban J connectivity index is 1.69. The molecule has 23 heavy (non-hydrogen) atoms. The van der Waals surface area contributed by atoms with Gasteiger partial charge in [0.2, 0.25) is 5.13 Å². The minimum Gasteiger partial charge on any atom is -0.497 e. The van der Waals surface area contributed by atoms with Gasteiger partial charge in [-0.2, -0.15) is 5.10 Å². The van der Waals surface area contributed by atoms with Crippen LogP contribution >= 0.6 is 22.9 Å². The summed E-state index contributed by atoms with van der Waals surface area (Å²) in [7, 11) is 1.65. The molecule has 0 aliphatic heterocycles. The molecule has 0 aliphatic rings. The molecule has 4 nitrogen and oxygen atoms in total. The monoisotopic (exact) mass is 343 g/mol. The smallest absolute Gasteiger partial charge is 0.203 e. The number of benzene rings is 2. The summed E-state index contributed by atoms with van der Waals surface area (Å²) in [5.74, 6) is 0.809. The number of hydrazone groups is 1. The van der Waals surface area contributed by atoms with Gasteiger partial charge in [-0.3, -0.25) is 5.43 Å². The standard InChI is InChI=1S/C17H14ClN3OS/c1-22-15-7-3-5-13(9-15)16-11-23-17(20-16)21-19-10-12-4-2-6-14(18)8-12/h2-11H,1H3,(H,20,21)/b19-10-. The molecule has 0 saturated heterocycles. The van der Waals surface area contributed by atoms with Crippen molar-refractivity contribution >= 4 is 34.3 Å². The molecule has 0 atom stereocenters. The van der Waals surface area contributed by atoms with Gasteiger partial charge in [-0.25, -0.2) is 4.98 Å². The maximum atomic E-state index is 5.93. The topological polar surface area (TPSA) is 46.5 Å². The highest BCUT2D eigenvalue weighted by Gasteiger charge is 2.05. The third-order valence-corrected chi connectivity index (χ3v) is 4.07. The van der Waals surface area contributed by atoms with Gasteiger partial charge in [-0.1, -0.05) is 35.9 Å². The fraction of sp³-hybridized carbons (Fsp3) is 0.0588. The molecule has 0 saturated carbocycles. The van der Waals surface area contributed by atoms with Crippen LogP contribution < -0.4 is 10.2 Å². The molecule has 0 radical (unpaired) electrons. The fourth-order valence-corrected chi connectivity index (χ4v) is 2.86. The first kappa shape index (κ1) is 15.5. The predicted molar refractivity (Wildman–Crippen MR) is 96.8 cm³/mol. The van der Waals surface area contributed by atoms with E-state index in [1.807, 2.05) is 53.9 Å². The highest BCUT2D eigenvalue weighted by atomic mass is 35.5. The van der Waals surface area contributed by atoms with Crippen LogP contribution in [0.3, 0.4) is 0 Å². The summed E-state index contributed by atoms with van der Waals surface area (Å²) >= 11 is 7.43. The van der Waals surface area contributed by atoms with Crippen LogP contribution in [0.1, 0.15) is 5.56 Å². The van der Waals surface area contributed by atoms with Crippen molar-refractivity contribution in [2.24, 2.45) is 5.10 Å². The molecule has 0 spiro atoms. The molecule has 1 N–H and O–H groups in total. The van der Waals surface area contributed by atoms with Crippen molar-refractivity contribution in [3.05, 3.63) is 64.5 Å². The third kappa shape index (κ3) is 4.09. The van der Waals surface area contributed by atoms with Gasteiger partial charge in [-0.05, 0) is 29.8 Å². The highest BCUT2D eigenvalue weighted by molar-refractivity contribution is 7.14. The van der Waals surface area contributed by atoms with Crippen molar-refractivity contribution < 1.29 is 4.74 Å². The SMILES string of the molecule is COc1cccc(-c2csc(N/N=C\c3cccc(Cl)c3)n2)c1.